The van der Waals surface area contributed by atoms with E-state index < -0.39 is 17.6 Å². The Kier molecular flexibility index (Phi) is 4.24. The average Bonchev–Trinajstić information content (AvgIpc) is 2.98. The number of hydrogen-bond acceptors (Lipinski definition) is 2. The van der Waals surface area contributed by atoms with E-state index in [9.17, 15) is 18.0 Å². The summed E-state index contributed by atoms with van der Waals surface area (Å²) >= 11 is 0. The Bertz CT molecular complexity index is 965. The van der Waals surface area contributed by atoms with Crippen LogP contribution in [0.5, 0.6) is 0 Å². The number of alkyl halides is 3. The maximum Gasteiger partial charge on any atom is 0.397 e. The lowest BCUT2D eigenvalue weighted by atomic mass is 9.82. The Morgan fingerprint density at radius 3 is 2.73 bits per heavy atom. The first-order chi connectivity index (χ1) is 12.2. The molecule has 0 bridgehead atoms. The van der Waals surface area contributed by atoms with Crippen molar-refractivity contribution in [3.8, 4) is 6.07 Å². The fourth-order valence-electron chi connectivity index (χ4n) is 2.62. The monoisotopic (exact) mass is 360 g/mol. The van der Waals surface area contributed by atoms with Crippen molar-refractivity contribution in [1.29, 1.82) is 5.26 Å². The van der Waals surface area contributed by atoms with Crippen LogP contribution >= 0.6 is 0 Å². The van der Waals surface area contributed by atoms with E-state index in [2.05, 4.69) is 21.7 Å². The van der Waals surface area contributed by atoms with Crippen LogP contribution in [0.3, 0.4) is 0 Å². The summed E-state index contributed by atoms with van der Waals surface area (Å²) in [4.78, 5) is 15.0. The molecule has 1 atom stereocenters. The largest absolute Gasteiger partial charge is 0.397 e. The molecule has 26 heavy (non-hydrogen) atoms. The minimum Gasteiger partial charge on any atom is -0.360 e. The highest BCUT2D eigenvalue weighted by Crippen LogP contribution is 2.44. The number of aromatic nitrogens is 1. The first kappa shape index (κ1) is 17.6. The number of anilines is 1. The number of allylic oxidation sites excluding steroid dienone is 3. The van der Waals surface area contributed by atoms with Gasteiger partial charge in [0, 0.05) is 28.5 Å². The molecule has 2 amide bonds. The predicted molar refractivity (Wildman–Crippen MR) is 91.2 cm³/mol. The molecule has 8 heteroatoms. The number of halogens is 3. The molecule has 1 aliphatic carbocycles. The highest BCUT2D eigenvalue weighted by molar-refractivity contribution is 5.95. The van der Waals surface area contributed by atoms with Crippen LogP contribution in [0.15, 0.2) is 48.3 Å². The van der Waals surface area contributed by atoms with Gasteiger partial charge in [-0.05, 0) is 37.6 Å². The van der Waals surface area contributed by atoms with Gasteiger partial charge in [-0.15, -0.1) is 0 Å². The summed E-state index contributed by atoms with van der Waals surface area (Å²) < 4.78 is 38.9. The molecule has 1 aromatic heterocycles. The van der Waals surface area contributed by atoms with Crippen molar-refractivity contribution < 1.29 is 18.0 Å². The number of amides is 2. The summed E-state index contributed by atoms with van der Waals surface area (Å²) in [7, 11) is 0. The van der Waals surface area contributed by atoms with Gasteiger partial charge in [-0.2, -0.15) is 18.4 Å². The zero-order valence-electron chi connectivity index (χ0n) is 13.7. The Hall–Kier alpha value is -3.21. The number of carbonyl (C=O) groups is 1. The molecule has 3 rings (SSSR count). The van der Waals surface area contributed by atoms with E-state index in [1.54, 1.807) is 24.4 Å². The zero-order chi connectivity index (χ0) is 18.9. The topological polar surface area (TPSA) is 80.7 Å². The molecule has 1 unspecified atom stereocenters. The van der Waals surface area contributed by atoms with Crippen LogP contribution in [-0.4, -0.2) is 17.2 Å². The van der Waals surface area contributed by atoms with Gasteiger partial charge < -0.3 is 15.6 Å². The lowest BCUT2D eigenvalue weighted by molar-refractivity contribution is -0.199. The molecular formula is C18H15F3N4O. The van der Waals surface area contributed by atoms with Gasteiger partial charge in [-0.1, -0.05) is 12.2 Å². The average molecular weight is 360 g/mol. The molecular weight excluding hydrogens is 345 g/mol. The van der Waals surface area contributed by atoms with Crippen LogP contribution in [0, 0.1) is 16.7 Å². The zero-order valence-corrected chi connectivity index (χ0v) is 13.7. The van der Waals surface area contributed by atoms with Gasteiger partial charge in [0.05, 0.1) is 11.0 Å². The Labute approximate surface area is 147 Å². The van der Waals surface area contributed by atoms with Gasteiger partial charge >= 0.3 is 12.2 Å². The minimum absolute atomic E-state index is 0.242. The second-order valence-electron chi connectivity index (χ2n) is 6.27. The number of carbonyl (C=O) groups excluding carboxylic acids is 1. The van der Waals surface area contributed by atoms with Crippen LogP contribution in [-0.2, 0) is 0 Å². The summed E-state index contributed by atoms with van der Waals surface area (Å²) in [5.74, 6) is 0. The Morgan fingerprint density at radius 2 is 2.12 bits per heavy atom. The number of nitrogens with zero attached hydrogens (tertiary/aromatic N) is 1. The SMILES string of the molecule is CC1(C(F)(F)F)C=CC(NC(=O)Nc2ccc3c(C#N)c[nH]c3c2)=CC1. The van der Waals surface area contributed by atoms with Crippen LogP contribution in [0.25, 0.3) is 10.9 Å². The van der Waals surface area contributed by atoms with Crippen molar-refractivity contribution in [2.24, 2.45) is 5.41 Å². The smallest absolute Gasteiger partial charge is 0.360 e. The molecule has 2 aromatic rings. The number of fused-ring (bicyclic) bond motifs is 1. The van der Waals surface area contributed by atoms with Gasteiger partial charge in [-0.25, -0.2) is 4.79 Å². The second kappa shape index (κ2) is 6.26. The Morgan fingerprint density at radius 1 is 1.35 bits per heavy atom. The molecule has 0 saturated carbocycles. The summed E-state index contributed by atoms with van der Waals surface area (Å²) in [5, 5.41) is 14.8. The van der Waals surface area contributed by atoms with Crippen molar-refractivity contribution in [2.75, 3.05) is 5.32 Å². The molecule has 0 aliphatic heterocycles. The molecule has 0 fully saturated rings. The van der Waals surface area contributed by atoms with E-state index in [1.807, 2.05) is 0 Å². The van der Waals surface area contributed by atoms with Crippen molar-refractivity contribution in [3.63, 3.8) is 0 Å². The molecule has 0 saturated heterocycles. The van der Waals surface area contributed by atoms with E-state index in [-0.39, 0.29) is 6.42 Å². The molecule has 1 aromatic carbocycles. The maximum atomic E-state index is 13.0. The predicted octanol–water partition coefficient (Wildman–Crippen LogP) is 4.57. The normalized spacial score (nSPS) is 19.7. The molecule has 134 valence electrons. The van der Waals surface area contributed by atoms with Crippen LogP contribution in [0.4, 0.5) is 23.7 Å². The summed E-state index contributed by atoms with van der Waals surface area (Å²) in [6.45, 7) is 1.11. The van der Waals surface area contributed by atoms with Crippen molar-refractivity contribution >= 4 is 22.6 Å². The van der Waals surface area contributed by atoms with E-state index in [0.29, 0.717) is 22.5 Å². The molecule has 0 radical (unpaired) electrons. The van der Waals surface area contributed by atoms with Gasteiger partial charge in [0.25, 0.3) is 0 Å². The van der Waals surface area contributed by atoms with E-state index in [1.165, 1.54) is 12.2 Å². The number of urea groups is 1. The minimum atomic E-state index is -4.35. The fourth-order valence-corrected chi connectivity index (χ4v) is 2.62. The Balaban J connectivity index is 1.65. The van der Waals surface area contributed by atoms with Crippen molar-refractivity contribution in [2.45, 2.75) is 19.5 Å². The molecule has 5 nitrogen and oxygen atoms in total. The molecule has 3 N–H and O–H groups in total. The van der Waals surface area contributed by atoms with E-state index in [4.69, 9.17) is 5.26 Å². The number of rotatable bonds is 2. The highest BCUT2D eigenvalue weighted by atomic mass is 19.4. The second-order valence-corrected chi connectivity index (χ2v) is 6.27. The van der Waals surface area contributed by atoms with Crippen molar-refractivity contribution in [1.82, 2.24) is 10.3 Å². The third kappa shape index (κ3) is 3.28. The first-order valence-corrected chi connectivity index (χ1v) is 7.77. The number of nitriles is 1. The fraction of sp³-hybridized carbons (Fsp3) is 0.222. The molecule has 1 heterocycles. The van der Waals surface area contributed by atoms with Gasteiger partial charge in [-0.3, -0.25) is 0 Å². The third-order valence-corrected chi connectivity index (χ3v) is 4.34. The van der Waals surface area contributed by atoms with Crippen LogP contribution < -0.4 is 10.6 Å². The summed E-state index contributed by atoms with van der Waals surface area (Å²) in [6, 6.07) is 6.50. The van der Waals surface area contributed by atoms with Gasteiger partial charge in [0.1, 0.15) is 6.07 Å². The number of aromatic amines is 1. The lowest BCUT2D eigenvalue weighted by Crippen LogP contribution is -2.35. The quantitative estimate of drug-likeness (QED) is 0.733. The third-order valence-electron chi connectivity index (χ3n) is 4.34. The van der Waals surface area contributed by atoms with Crippen molar-refractivity contribution in [3.05, 3.63) is 53.9 Å². The summed E-state index contributed by atoms with van der Waals surface area (Å²) in [6.07, 6.45) is 0.640. The van der Waals surface area contributed by atoms with E-state index >= 15 is 0 Å². The molecule has 1 aliphatic rings. The highest BCUT2D eigenvalue weighted by Gasteiger charge is 2.49. The van der Waals surface area contributed by atoms with Gasteiger partial charge in [0.2, 0.25) is 0 Å². The number of benzene rings is 1. The van der Waals surface area contributed by atoms with Gasteiger partial charge in [0.15, 0.2) is 0 Å². The first-order valence-electron chi connectivity index (χ1n) is 7.77. The number of H-pyrrole nitrogens is 1. The summed E-state index contributed by atoms with van der Waals surface area (Å²) in [5.41, 5.74) is 0.0586. The number of hydrogen-bond donors (Lipinski definition) is 3. The van der Waals surface area contributed by atoms with Crippen LogP contribution in [0.2, 0.25) is 0 Å². The van der Waals surface area contributed by atoms with Crippen LogP contribution in [0.1, 0.15) is 18.9 Å². The lowest BCUT2D eigenvalue weighted by Gasteiger charge is -2.30. The van der Waals surface area contributed by atoms with E-state index in [0.717, 1.165) is 18.4 Å². The maximum absolute atomic E-state index is 13.0. The standard InChI is InChI=1S/C18H15F3N4O/c1-17(18(19,20)21)6-4-12(5-7-17)24-16(26)25-13-2-3-14-11(9-22)10-23-15(14)8-13/h2-6,8,10,23H,7H2,1H3,(H2,24,25,26). The number of nitrogens with one attached hydrogen (secondary N) is 3. The molecule has 0 spiro atoms.